The van der Waals surface area contributed by atoms with Crippen molar-refractivity contribution < 1.29 is 4.39 Å². The van der Waals surface area contributed by atoms with Crippen molar-refractivity contribution >= 4 is 40.5 Å². The van der Waals surface area contributed by atoms with E-state index in [9.17, 15) is 4.39 Å². The molecule has 0 aliphatic heterocycles. The highest BCUT2D eigenvalue weighted by atomic mass is 35.5. The van der Waals surface area contributed by atoms with Crippen LogP contribution in [0.2, 0.25) is 15.1 Å². The Balaban J connectivity index is 1.91. The molecule has 0 bridgehead atoms. The van der Waals surface area contributed by atoms with E-state index in [1.165, 1.54) is 6.07 Å². The highest BCUT2D eigenvalue weighted by Gasteiger charge is 2.25. The maximum atomic E-state index is 13.7. The number of fused-ring (bicyclic) bond motifs is 1. The van der Waals surface area contributed by atoms with Gasteiger partial charge in [0.1, 0.15) is 5.82 Å². The van der Waals surface area contributed by atoms with Crippen molar-refractivity contribution in [1.29, 1.82) is 0 Å². The van der Waals surface area contributed by atoms with Gasteiger partial charge in [-0.3, -0.25) is 0 Å². The molecule has 0 saturated heterocycles. The summed E-state index contributed by atoms with van der Waals surface area (Å²) in [5.41, 5.74) is 2.47. The lowest BCUT2D eigenvalue weighted by atomic mass is 10.1. The van der Waals surface area contributed by atoms with E-state index in [1.54, 1.807) is 18.2 Å². The van der Waals surface area contributed by atoms with Gasteiger partial charge in [0.15, 0.2) is 0 Å². The quantitative estimate of drug-likeness (QED) is 0.677. The number of hydrogen-bond acceptors (Lipinski definition) is 1. The maximum absolute atomic E-state index is 13.7. The van der Waals surface area contributed by atoms with Crippen LogP contribution < -0.4 is 5.32 Å². The predicted octanol–water partition coefficient (Wildman–Crippen LogP) is 5.89. The Morgan fingerprint density at radius 1 is 1.05 bits per heavy atom. The van der Waals surface area contributed by atoms with Crippen LogP contribution in [0.25, 0.3) is 0 Å². The first kappa shape index (κ1) is 14.0. The summed E-state index contributed by atoms with van der Waals surface area (Å²) >= 11 is 18.1. The predicted molar refractivity (Wildman–Crippen MR) is 82.6 cm³/mol. The van der Waals surface area contributed by atoms with Gasteiger partial charge in [-0.05, 0) is 42.2 Å². The number of benzene rings is 2. The Labute approximate surface area is 131 Å². The molecular formula is C15H11Cl3FN. The van der Waals surface area contributed by atoms with E-state index in [4.69, 9.17) is 34.8 Å². The lowest BCUT2D eigenvalue weighted by molar-refractivity contribution is 0.612. The highest BCUT2D eigenvalue weighted by Crippen LogP contribution is 2.39. The van der Waals surface area contributed by atoms with E-state index < -0.39 is 0 Å². The first-order valence-electron chi connectivity index (χ1n) is 6.24. The van der Waals surface area contributed by atoms with E-state index in [0.29, 0.717) is 20.8 Å². The van der Waals surface area contributed by atoms with Crippen molar-refractivity contribution in [2.75, 3.05) is 5.32 Å². The molecule has 1 aliphatic carbocycles. The fraction of sp³-hybridized carbons (Fsp3) is 0.200. The number of hydrogen-bond donors (Lipinski definition) is 1. The van der Waals surface area contributed by atoms with Gasteiger partial charge in [0.25, 0.3) is 0 Å². The zero-order chi connectivity index (χ0) is 14.3. The van der Waals surface area contributed by atoms with Crippen LogP contribution in [0, 0.1) is 5.82 Å². The fourth-order valence-corrected chi connectivity index (χ4v) is 3.18. The second-order valence-corrected chi connectivity index (χ2v) is 6.01. The molecule has 1 nitrogen and oxygen atoms in total. The molecule has 1 atom stereocenters. The first-order chi connectivity index (χ1) is 9.56. The third kappa shape index (κ3) is 2.48. The minimum atomic E-state index is -0.146. The molecule has 1 unspecified atom stereocenters. The standard InChI is InChI=1S/C15H11Cl3FN/c16-10-6-12(18)15(7-11(10)17)20-14-5-4-8-9(14)2-1-3-13(8)19/h1-3,6-7,14,20H,4-5H2. The Kier molecular flexibility index (Phi) is 3.80. The zero-order valence-corrected chi connectivity index (χ0v) is 12.7. The fourth-order valence-electron chi connectivity index (χ4n) is 2.58. The van der Waals surface area contributed by atoms with Crippen LogP contribution in [-0.2, 0) is 6.42 Å². The summed E-state index contributed by atoms with van der Waals surface area (Å²) in [5.74, 6) is -0.146. The van der Waals surface area contributed by atoms with Gasteiger partial charge in [0.05, 0.1) is 26.8 Å². The van der Waals surface area contributed by atoms with Gasteiger partial charge in [-0.2, -0.15) is 0 Å². The number of nitrogens with one attached hydrogen (secondary N) is 1. The highest BCUT2D eigenvalue weighted by molar-refractivity contribution is 6.44. The Bertz CT molecular complexity index is 672. The SMILES string of the molecule is Fc1cccc2c1CCC2Nc1cc(Cl)c(Cl)cc1Cl. The Morgan fingerprint density at radius 2 is 1.80 bits per heavy atom. The molecule has 3 rings (SSSR count). The van der Waals surface area contributed by atoms with Crippen LogP contribution in [0.4, 0.5) is 10.1 Å². The molecule has 2 aromatic rings. The number of rotatable bonds is 2. The molecule has 0 spiro atoms. The van der Waals surface area contributed by atoms with E-state index in [2.05, 4.69) is 5.32 Å². The molecule has 1 aliphatic rings. The topological polar surface area (TPSA) is 12.0 Å². The van der Waals surface area contributed by atoms with Crippen molar-refractivity contribution in [2.24, 2.45) is 0 Å². The van der Waals surface area contributed by atoms with Crippen molar-refractivity contribution in [1.82, 2.24) is 0 Å². The summed E-state index contributed by atoms with van der Waals surface area (Å²) in [6.07, 6.45) is 1.55. The summed E-state index contributed by atoms with van der Waals surface area (Å²) < 4.78 is 13.7. The van der Waals surface area contributed by atoms with Crippen LogP contribution in [0.1, 0.15) is 23.6 Å². The van der Waals surface area contributed by atoms with Crippen molar-refractivity contribution in [3.05, 3.63) is 62.3 Å². The molecule has 0 aromatic heterocycles. The van der Waals surface area contributed by atoms with E-state index in [1.807, 2.05) is 6.07 Å². The minimum absolute atomic E-state index is 0.0374. The van der Waals surface area contributed by atoms with E-state index in [-0.39, 0.29) is 11.9 Å². The zero-order valence-electron chi connectivity index (χ0n) is 10.4. The first-order valence-corrected chi connectivity index (χ1v) is 7.38. The molecule has 0 heterocycles. The molecule has 0 fully saturated rings. The molecular weight excluding hydrogens is 320 g/mol. The van der Waals surface area contributed by atoms with E-state index >= 15 is 0 Å². The summed E-state index contributed by atoms with van der Waals surface area (Å²) in [6, 6.07) is 8.50. The van der Waals surface area contributed by atoms with Gasteiger partial charge in [-0.1, -0.05) is 46.9 Å². The molecule has 5 heteroatoms. The van der Waals surface area contributed by atoms with Gasteiger partial charge in [-0.15, -0.1) is 0 Å². The Hall–Kier alpha value is -0.960. The lowest BCUT2D eigenvalue weighted by Gasteiger charge is -2.17. The van der Waals surface area contributed by atoms with Crippen LogP contribution in [0.15, 0.2) is 30.3 Å². The maximum Gasteiger partial charge on any atom is 0.126 e. The van der Waals surface area contributed by atoms with Gasteiger partial charge < -0.3 is 5.32 Å². The second-order valence-electron chi connectivity index (χ2n) is 4.79. The van der Waals surface area contributed by atoms with Crippen LogP contribution in [0.5, 0.6) is 0 Å². The van der Waals surface area contributed by atoms with Crippen LogP contribution in [-0.4, -0.2) is 0 Å². The Morgan fingerprint density at radius 3 is 2.60 bits per heavy atom. The summed E-state index contributed by atoms with van der Waals surface area (Å²) in [7, 11) is 0. The average Bonchev–Trinajstić information content (AvgIpc) is 2.81. The second kappa shape index (κ2) is 5.44. The number of halogens is 4. The molecule has 0 saturated carbocycles. The third-order valence-electron chi connectivity index (χ3n) is 3.55. The average molecular weight is 331 g/mol. The largest absolute Gasteiger partial charge is 0.377 e. The molecule has 0 radical (unpaired) electrons. The molecule has 2 aromatic carbocycles. The minimum Gasteiger partial charge on any atom is -0.377 e. The summed E-state index contributed by atoms with van der Waals surface area (Å²) in [5, 5.41) is 4.68. The molecule has 104 valence electrons. The molecule has 20 heavy (non-hydrogen) atoms. The van der Waals surface area contributed by atoms with Gasteiger partial charge in [0.2, 0.25) is 0 Å². The summed E-state index contributed by atoms with van der Waals surface area (Å²) in [6.45, 7) is 0. The van der Waals surface area contributed by atoms with Gasteiger partial charge in [0, 0.05) is 0 Å². The monoisotopic (exact) mass is 329 g/mol. The molecule has 1 N–H and O–H groups in total. The van der Waals surface area contributed by atoms with Crippen LogP contribution >= 0.6 is 34.8 Å². The normalized spacial score (nSPS) is 17.1. The van der Waals surface area contributed by atoms with Gasteiger partial charge in [-0.25, -0.2) is 4.39 Å². The third-order valence-corrected chi connectivity index (χ3v) is 4.59. The van der Waals surface area contributed by atoms with Crippen molar-refractivity contribution in [3.63, 3.8) is 0 Å². The van der Waals surface area contributed by atoms with E-state index in [0.717, 1.165) is 24.0 Å². The number of anilines is 1. The molecule has 0 amide bonds. The van der Waals surface area contributed by atoms with Crippen molar-refractivity contribution in [3.8, 4) is 0 Å². The summed E-state index contributed by atoms with van der Waals surface area (Å²) in [4.78, 5) is 0. The van der Waals surface area contributed by atoms with Gasteiger partial charge >= 0.3 is 0 Å². The smallest absolute Gasteiger partial charge is 0.126 e. The lowest BCUT2D eigenvalue weighted by Crippen LogP contribution is -2.07. The van der Waals surface area contributed by atoms with Crippen LogP contribution in [0.3, 0.4) is 0 Å². The van der Waals surface area contributed by atoms with Crippen molar-refractivity contribution in [2.45, 2.75) is 18.9 Å².